The third kappa shape index (κ3) is 4.63. The highest BCUT2D eigenvalue weighted by molar-refractivity contribution is 5.83. The summed E-state index contributed by atoms with van der Waals surface area (Å²) in [5.74, 6) is 0. The zero-order valence-corrected chi connectivity index (χ0v) is 11.5. The quantitative estimate of drug-likeness (QED) is 0.813. The van der Waals surface area contributed by atoms with E-state index in [4.69, 9.17) is 0 Å². The Morgan fingerprint density at radius 1 is 1.09 bits per heavy atom. The summed E-state index contributed by atoms with van der Waals surface area (Å²) in [6.07, 6.45) is -5.46. The van der Waals surface area contributed by atoms with Gasteiger partial charge in [0, 0.05) is 6.54 Å². The van der Waals surface area contributed by atoms with Gasteiger partial charge in [-0.25, -0.2) is 4.79 Å². The number of alkyl halides is 3. The predicted molar refractivity (Wildman–Crippen MR) is 76.4 cm³/mol. The number of urea groups is 1. The van der Waals surface area contributed by atoms with Gasteiger partial charge in [-0.05, 0) is 22.4 Å². The summed E-state index contributed by atoms with van der Waals surface area (Å²) in [4.78, 5) is 11.2. The molecule has 118 valence electrons. The average molecular weight is 312 g/mol. The van der Waals surface area contributed by atoms with Crippen LogP contribution in [0.5, 0.6) is 0 Å². The van der Waals surface area contributed by atoms with Crippen LogP contribution in [0.3, 0.4) is 0 Å². The van der Waals surface area contributed by atoms with E-state index < -0.39 is 24.9 Å². The van der Waals surface area contributed by atoms with Crippen LogP contribution in [0.2, 0.25) is 0 Å². The molecular formula is C15H15F3N2O2. The summed E-state index contributed by atoms with van der Waals surface area (Å²) in [5.41, 5.74) is 0.579. The standard InChI is InChI=1S/C15H15F3N2O2/c16-15(17,18)9-20-14(22)19-8-13(21)12-6-5-10-3-1-2-4-11(10)7-12/h1-7,13,21H,8-9H2,(H2,19,20,22). The molecule has 0 aliphatic rings. The molecule has 2 rings (SSSR count). The van der Waals surface area contributed by atoms with Gasteiger partial charge in [-0.15, -0.1) is 0 Å². The van der Waals surface area contributed by atoms with Crippen LogP contribution >= 0.6 is 0 Å². The van der Waals surface area contributed by atoms with E-state index in [-0.39, 0.29) is 6.54 Å². The lowest BCUT2D eigenvalue weighted by atomic mass is 10.0. The van der Waals surface area contributed by atoms with Gasteiger partial charge in [0.25, 0.3) is 0 Å². The van der Waals surface area contributed by atoms with Gasteiger partial charge in [0.15, 0.2) is 0 Å². The van der Waals surface area contributed by atoms with Crippen molar-refractivity contribution >= 4 is 16.8 Å². The monoisotopic (exact) mass is 312 g/mol. The first-order valence-electron chi connectivity index (χ1n) is 6.60. The Balaban J connectivity index is 1.90. The highest BCUT2D eigenvalue weighted by Gasteiger charge is 2.27. The zero-order valence-electron chi connectivity index (χ0n) is 11.5. The lowest BCUT2D eigenvalue weighted by molar-refractivity contribution is -0.122. The lowest BCUT2D eigenvalue weighted by Gasteiger charge is -2.14. The van der Waals surface area contributed by atoms with E-state index in [0.29, 0.717) is 5.56 Å². The molecule has 0 heterocycles. The summed E-state index contributed by atoms with van der Waals surface area (Å²) in [6, 6.07) is 11.9. The van der Waals surface area contributed by atoms with E-state index in [2.05, 4.69) is 5.32 Å². The van der Waals surface area contributed by atoms with E-state index in [1.807, 2.05) is 30.3 Å². The van der Waals surface area contributed by atoms with E-state index >= 15 is 0 Å². The summed E-state index contributed by atoms with van der Waals surface area (Å²) in [5, 5.41) is 15.8. The molecule has 0 aliphatic heterocycles. The second-order valence-corrected chi connectivity index (χ2v) is 4.80. The molecule has 0 aromatic heterocycles. The average Bonchev–Trinajstić information content (AvgIpc) is 2.49. The number of aliphatic hydroxyl groups is 1. The summed E-state index contributed by atoms with van der Waals surface area (Å²) in [6.45, 7) is -1.59. The molecule has 2 aromatic carbocycles. The fourth-order valence-corrected chi connectivity index (χ4v) is 1.97. The molecule has 0 bridgehead atoms. The van der Waals surface area contributed by atoms with Crippen molar-refractivity contribution in [3.8, 4) is 0 Å². The molecule has 1 unspecified atom stereocenters. The molecule has 22 heavy (non-hydrogen) atoms. The van der Waals surface area contributed by atoms with Crippen molar-refractivity contribution < 1.29 is 23.1 Å². The van der Waals surface area contributed by atoms with Crippen molar-refractivity contribution in [2.24, 2.45) is 0 Å². The minimum atomic E-state index is -4.46. The molecule has 0 spiro atoms. The van der Waals surface area contributed by atoms with Gasteiger partial charge in [-0.3, -0.25) is 0 Å². The number of amides is 2. The highest BCUT2D eigenvalue weighted by Crippen LogP contribution is 2.20. The van der Waals surface area contributed by atoms with Crippen molar-refractivity contribution in [3.05, 3.63) is 48.0 Å². The number of carbonyl (C=O) groups is 1. The lowest BCUT2D eigenvalue weighted by Crippen LogP contribution is -2.42. The molecule has 0 fully saturated rings. The molecule has 3 N–H and O–H groups in total. The second kappa shape index (κ2) is 6.65. The fraction of sp³-hybridized carbons (Fsp3) is 0.267. The Labute approximate surface area is 124 Å². The Morgan fingerprint density at radius 3 is 2.45 bits per heavy atom. The summed E-state index contributed by atoms with van der Waals surface area (Å²) in [7, 11) is 0. The number of fused-ring (bicyclic) bond motifs is 1. The van der Waals surface area contributed by atoms with Crippen LogP contribution in [0.4, 0.5) is 18.0 Å². The van der Waals surface area contributed by atoms with E-state index in [0.717, 1.165) is 10.8 Å². The number of halogens is 3. The SMILES string of the molecule is O=C(NCC(O)c1ccc2ccccc2c1)NCC(F)(F)F. The smallest absolute Gasteiger partial charge is 0.387 e. The molecular weight excluding hydrogens is 297 g/mol. The van der Waals surface area contributed by atoms with Gasteiger partial charge in [0.05, 0.1) is 6.10 Å². The molecule has 0 saturated carbocycles. The Kier molecular flexibility index (Phi) is 4.87. The number of carbonyl (C=O) groups excluding carboxylic acids is 1. The van der Waals surface area contributed by atoms with Gasteiger partial charge in [-0.1, -0.05) is 36.4 Å². The minimum Gasteiger partial charge on any atom is -0.387 e. The Hall–Kier alpha value is -2.28. The molecule has 0 aliphatic carbocycles. The van der Waals surface area contributed by atoms with Crippen molar-refractivity contribution in [3.63, 3.8) is 0 Å². The van der Waals surface area contributed by atoms with Gasteiger partial charge >= 0.3 is 12.2 Å². The Morgan fingerprint density at radius 2 is 1.77 bits per heavy atom. The minimum absolute atomic E-state index is 0.179. The third-order valence-corrected chi connectivity index (χ3v) is 3.06. The second-order valence-electron chi connectivity index (χ2n) is 4.80. The third-order valence-electron chi connectivity index (χ3n) is 3.06. The Bertz CT molecular complexity index is 659. The maximum Gasteiger partial charge on any atom is 0.405 e. The van der Waals surface area contributed by atoms with Crippen molar-refractivity contribution in [1.82, 2.24) is 10.6 Å². The van der Waals surface area contributed by atoms with Gasteiger partial charge in [0.1, 0.15) is 6.54 Å². The number of aliphatic hydroxyl groups excluding tert-OH is 1. The maximum absolute atomic E-state index is 11.9. The van der Waals surface area contributed by atoms with Crippen LogP contribution in [0.15, 0.2) is 42.5 Å². The molecule has 2 aromatic rings. The molecule has 0 radical (unpaired) electrons. The highest BCUT2D eigenvalue weighted by atomic mass is 19.4. The van der Waals surface area contributed by atoms with E-state index in [1.54, 1.807) is 17.4 Å². The summed E-state index contributed by atoms with van der Waals surface area (Å²) >= 11 is 0. The largest absolute Gasteiger partial charge is 0.405 e. The van der Waals surface area contributed by atoms with Crippen LogP contribution in [-0.2, 0) is 0 Å². The number of nitrogens with one attached hydrogen (secondary N) is 2. The molecule has 0 saturated heterocycles. The predicted octanol–water partition coefficient (Wildman–Crippen LogP) is 2.73. The number of hydrogen-bond acceptors (Lipinski definition) is 2. The normalized spacial score (nSPS) is 12.9. The van der Waals surface area contributed by atoms with Crippen LogP contribution in [0.25, 0.3) is 10.8 Å². The molecule has 4 nitrogen and oxygen atoms in total. The summed E-state index contributed by atoms with van der Waals surface area (Å²) < 4.78 is 35.8. The van der Waals surface area contributed by atoms with Gasteiger partial charge < -0.3 is 15.7 Å². The number of hydrogen-bond donors (Lipinski definition) is 3. The van der Waals surface area contributed by atoms with Crippen LogP contribution in [-0.4, -0.2) is 30.4 Å². The van der Waals surface area contributed by atoms with Crippen LogP contribution < -0.4 is 10.6 Å². The van der Waals surface area contributed by atoms with Crippen molar-refractivity contribution in [1.29, 1.82) is 0 Å². The topological polar surface area (TPSA) is 61.4 Å². The zero-order chi connectivity index (χ0) is 16.2. The van der Waals surface area contributed by atoms with E-state index in [1.165, 1.54) is 0 Å². The van der Waals surface area contributed by atoms with Gasteiger partial charge in [-0.2, -0.15) is 13.2 Å². The first-order valence-corrected chi connectivity index (χ1v) is 6.60. The molecule has 1 atom stereocenters. The number of benzene rings is 2. The number of rotatable bonds is 4. The van der Waals surface area contributed by atoms with E-state index in [9.17, 15) is 23.1 Å². The fourth-order valence-electron chi connectivity index (χ4n) is 1.97. The van der Waals surface area contributed by atoms with Crippen LogP contribution in [0.1, 0.15) is 11.7 Å². The molecule has 2 amide bonds. The first kappa shape index (κ1) is 16.1. The van der Waals surface area contributed by atoms with Crippen LogP contribution in [0, 0.1) is 0 Å². The van der Waals surface area contributed by atoms with Gasteiger partial charge in [0.2, 0.25) is 0 Å². The molecule has 7 heteroatoms. The maximum atomic E-state index is 11.9. The van der Waals surface area contributed by atoms with Crippen molar-refractivity contribution in [2.45, 2.75) is 12.3 Å². The van der Waals surface area contributed by atoms with Crippen molar-refractivity contribution in [2.75, 3.05) is 13.1 Å². The first-order chi connectivity index (χ1) is 10.3.